The van der Waals surface area contributed by atoms with Gasteiger partial charge in [0, 0.05) is 13.1 Å². The summed E-state index contributed by atoms with van der Waals surface area (Å²) >= 11 is 0. The Balaban J connectivity index is 3.53. The van der Waals surface area contributed by atoms with E-state index in [9.17, 15) is 14.4 Å². The molecule has 2 N–H and O–H groups in total. The van der Waals surface area contributed by atoms with Gasteiger partial charge in [0.15, 0.2) is 0 Å². The fourth-order valence-electron chi connectivity index (χ4n) is 4.42. The van der Waals surface area contributed by atoms with E-state index in [-0.39, 0.29) is 17.7 Å². The van der Waals surface area contributed by atoms with Gasteiger partial charge in [0.25, 0.3) is 0 Å². The lowest BCUT2D eigenvalue weighted by molar-refractivity contribution is -0.143. The average molecular weight is 532 g/mol. The van der Waals surface area contributed by atoms with Gasteiger partial charge in [-0.1, -0.05) is 71.6 Å². The third kappa shape index (κ3) is 11.4. The highest BCUT2D eigenvalue weighted by molar-refractivity contribution is 5.92. The minimum atomic E-state index is -0.799. The van der Waals surface area contributed by atoms with Crippen LogP contribution in [0.2, 0.25) is 0 Å². The van der Waals surface area contributed by atoms with E-state index >= 15 is 0 Å². The second kappa shape index (κ2) is 16.4. The highest BCUT2D eigenvalue weighted by Gasteiger charge is 2.37. The lowest BCUT2D eigenvalue weighted by atomic mass is 9.94. The molecule has 1 rings (SSSR count). The Morgan fingerprint density at radius 2 is 1.63 bits per heavy atom. The van der Waals surface area contributed by atoms with E-state index in [1.165, 1.54) is 0 Å². The molecule has 0 saturated carbocycles. The van der Waals surface area contributed by atoms with Gasteiger partial charge in [-0.15, -0.1) is 0 Å². The first-order chi connectivity index (χ1) is 17.8. The molecular weight excluding hydrogens is 478 g/mol. The summed E-state index contributed by atoms with van der Waals surface area (Å²) in [6.45, 7) is 18.6. The molecule has 0 aromatic heterocycles. The van der Waals surface area contributed by atoms with Crippen LogP contribution in [0.4, 0.5) is 4.79 Å². The molecule has 1 aromatic rings. The van der Waals surface area contributed by atoms with Crippen LogP contribution in [0.1, 0.15) is 116 Å². The van der Waals surface area contributed by atoms with Crippen LogP contribution >= 0.6 is 0 Å². The largest absolute Gasteiger partial charge is 0.444 e. The van der Waals surface area contributed by atoms with E-state index < -0.39 is 23.8 Å². The zero-order valence-corrected chi connectivity index (χ0v) is 25.4. The van der Waals surface area contributed by atoms with Crippen molar-refractivity contribution in [3.63, 3.8) is 0 Å². The van der Waals surface area contributed by atoms with E-state index in [4.69, 9.17) is 4.74 Å². The van der Waals surface area contributed by atoms with Crippen LogP contribution in [0.3, 0.4) is 0 Å². The van der Waals surface area contributed by atoms with Crippen molar-refractivity contribution in [1.82, 2.24) is 15.5 Å². The number of hydrogen-bond acceptors (Lipinski definition) is 4. The molecule has 2 unspecified atom stereocenters. The smallest absolute Gasteiger partial charge is 0.408 e. The van der Waals surface area contributed by atoms with Gasteiger partial charge >= 0.3 is 6.09 Å². The molecule has 0 spiro atoms. The van der Waals surface area contributed by atoms with E-state index in [1.807, 2.05) is 45.9 Å². The Kier molecular flexibility index (Phi) is 14.4. The second-order valence-electron chi connectivity index (χ2n) is 11.8. The van der Waals surface area contributed by atoms with Gasteiger partial charge < -0.3 is 20.3 Å². The zero-order valence-electron chi connectivity index (χ0n) is 25.4. The molecule has 2 atom stereocenters. The molecular formula is C31H53N3O4. The summed E-state index contributed by atoms with van der Waals surface area (Å²) in [4.78, 5) is 42.5. The number of unbranched alkanes of at least 4 members (excludes halogenated alkanes) is 4. The molecule has 1 aromatic carbocycles. The van der Waals surface area contributed by atoms with E-state index in [0.717, 1.165) is 55.2 Å². The minimum absolute atomic E-state index is 0.151. The Hall–Kier alpha value is -2.57. The van der Waals surface area contributed by atoms with E-state index in [0.29, 0.717) is 19.5 Å². The number of carbonyl (C=O) groups is 3. The molecule has 216 valence electrons. The van der Waals surface area contributed by atoms with Gasteiger partial charge in [-0.2, -0.15) is 0 Å². The van der Waals surface area contributed by atoms with Gasteiger partial charge in [0.1, 0.15) is 17.7 Å². The quantitative estimate of drug-likeness (QED) is 0.249. The number of nitrogens with one attached hydrogen (secondary N) is 2. The van der Waals surface area contributed by atoms with Crippen LogP contribution in [0, 0.1) is 19.8 Å². The predicted octanol–water partition coefficient (Wildman–Crippen LogP) is 6.61. The fraction of sp³-hybridized carbons (Fsp3) is 0.710. The molecule has 0 aliphatic rings. The van der Waals surface area contributed by atoms with E-state index in [1.54, 1.807) is 25.7 Å². The van der Waals surface area contributed by atoms with Crippen molar-refractivity contribution in [3.05, 3.63) is 34.9 Å². The number of hydrogen-bond donors (Lipinski definition) is 2. The molecule has 0 aliphatic carbocycles. The summed E-state index contributed by atoms with van der Waals surface area (Å²) in [6.07, 6.45) is 5.52. The first-order valence-corrected chi connectivity index (χ1v) is 14.5. The van der Waals surface area contributed by atoms with Gasteiger partial charge in [0.2, 0.25) is 11.8 Å². The van der Waals surface area contributed by atoms with Crippen molar-refractivity contribution < 1.29 is 19.1 Å². The van der Waals surface area contributed by atoms with Gasteiger partial charge in [-0.05, 0) is 76.5 Å². The number of nitrogens with zero attached hydrogens (tertiary/aromatic N) is 1. The predicted molar refractivity (Wildman–Crippen MR) is 155 cm³/mol. The number of rotatable bonds is 15. The summed E-state index contributed by atoms with van der Waals surface area (Å²) in [5.41, 5.74) is 2.20. The third-order valence-electron chi connectivity index (χ3n) is 6.56. The highest BCUT2D eigenvalue weighted by atomic mass is 16.6. The van der Waals surface area contributed by atoms with Crippen LogP contribution in [0.5, 0.6) is 0 Å². The molecule has 7 heteroatoms. The normalized spacial score (nSPS) is 13.1. The summed E-state index contributed by atoms with van der Waals surface area (Å²) in [5.74, 6) is -0.285. The first-order valence-electron chi connectivity index (χ1n) is 14.5. The van der Waals surface area contributed by atoms with Crippen LogP contribution in [0.15, 0.2) is 18.2 Å². The molecule has 38 heavy (non-hydrogen) atoms. The number of aryl methyl sites for hydroxylation is 1. The molecule has 0 heterocycles. The van der Waals surface area contributed by atoms with Crippen molar-refractivity contribution in [2.24, 2.45) is 5.92 Å². The molecule has 0 saturated heterocycles. The Morgan fingerprint density at radius 3 is 2.21 bits per heavy atom. The molecule has 0 fully saturated rings. The standard InChI is InChI=1S/C31H53N3O4/c1-10-12-14-15-20-34(29(36)26(21-22(3)4)33-30(37)38-31(7,8)9)27(28(35)32-19-13-11-2)25-18-16-17-23(5)24(25)6/h16-18,22,26-27H,10-15,19-21H2,1-9H3,(H,32,35)(H,33,37). The van der Waals surface area contributed by atoms with Crippen LogP contribution in [-0.4, -0.2) is 47.5 Å². The molecule has 3 amide bonds. The number of alkyl carbamates (subject to hydrolysis) is 1. The van der Waals surface area contributed by atoms with Gasteiger partial charge in [-0.3, -0.25) is 9.59 Å². The Bertz CT molecular complexity index is 892. The Morgan fingerprint density at radius 1 is 0.974 bits per heavy atom. The molecule has 7 nitrogen and oxygen atoms in total. The van der Waals surface area contributed by atoms with Crippen molar-refractivity contribution in [2.45, 2.75) is 125 Å². The zero-order chi connectivity index (χ0) is 28.9. The van der Waals surface area contributed by atoms with Crippen LogP contribution in [-0.2, 0) is 14.3 Å². The average Bonchev–Trinajstić information content (AvgIpc) is 2.81. The summed E-state index contributed by atoms with van der Waals surface area (Å²) in [7, 11) is 0. The van der Waals surface area contributed by atoms with Crippen molar-refractivity contribution >= 4 is 17.9 Å². The monoisotopic (exact) mass is 531 g/mol. The van der Waals surface area contributed by atoms with Crippen molar-refractivity contribution in [3.8, 4) is 0 Å². The SMILES string of the molecule is CCCCCCN(C(=O)C(CC(C)C)NC(=O)OC(C)(C)C)C(C(=O)NCCCC)c1cccc(C)c1C. The molecule has 0 radical (unpaired) electrons. The minimum Gasteiger partial charge on any atom is -0.444 e. The van der Waals surface area contributed by atoms with Crippen LogP contribution in [0.25, 0.3) is 0 Å². The fourth-order valence-corrected chi connectivity index (χ4v) is 4.42. The van der Waals surface area contributed by atoms with Crippen molar-refractivity contribution in [1.29, 1.82) is 0 Å². The topological polar surface area (TPSA) is 87.7 Å². The number of ether oxygens (including phenoxy) is 1. The number of benzene rings is 1. The Labute approximate surface area is 231 Å². The summed E-state index contributed by atoms with van der Waals surface area (Å²) < 4.78 is 5.49. The van der Waals surface area contributed by atoms with Gasteiger partial charge in [-0.25, -0.2) is 4.79 Å². The lowest BCUT2D eigenvalue weighted by Crippen LogP contribution is -2.53. The summed E-state index contributed by atoms with van der Waals surface area (Å²) in [6, 6.07) is 4.32. The number of carbonyl (C=O) groups excluding carboxylic acids is 3. The van der Waals surface area contributed by atoms with Crippen LogP contribution < -0.4 is 10.6 Å². The molecule has 0 bridgehead atoms. The highest BCUT2D eigenvalue weighted by Crippen LogP contribution is 2.28. The maximum atomic E-state index is 14.3. The second-order valence-corrected chi connectivity index (χ2v) is 11.8. The molecule has 0 aliphatic heterocycles. The first kappa shape index (κ1) is 33.5. The van der Waals surface area contributed by atoms with Crippen molar-refractivity contribution in [2.75, 3.05) is 13.1 Å². The lowest BCUT2D eigenvalue weighted by Gasteiger charge is -2.36. The maximum absolute atomic E-state index is 14.3. The maximum Gasteiger partial charge on any atom is 0.408 e. The summed E-state index contributed by atoms with van der Waals surface area (Å²) in [5, 5.41) is 5.90. The number of amides is 3. The third-order valence-corrected chi connectivity index (χ3v) is 6.56. The van der Waals surface area contributed by atoms with E-state index in [2.05, 4.69) is 24.5 Å². The van der Waals surface area contributed by atoms with Gasteiger partial charge in [0.05, 0.1) is 0 Å².